The fourth-order valence-corrected chi connectivity index (χ4v) is 5.16. The third-order valence-corrected chi connectivity index (χ3v) is 7.32. The minimum atomic E-state index is -3.61. The van der Waals surface area contributed by atoms with E-state index in [1.807, 2.05) is 0 Å². The summed E-state index contributed by atoms with van der Waals surface area (Å²) in [6.45, 7) is 5.43. The number of hydrogen-bond donors (Lipinski definition) is 1. The normalized spacial score (nSPS) is 19.6. The standard InChI is InChI=1S/C15H23ClN2O2S/c1-3-15(4-2)8-10-18(11-9-15)21(19,20)14-12(16)6-5-7-13(14)17/h5-7H,3-4,8-11,17H2,1-2H3. The number of halogens is 1. The van der Waals surface area contributed by atoms with Crippen LogP contribution >= 0.6 is 11.6 Å². The van der Waals surface area contributed by atoms with Crippen LogP contribution in [0.5, 0.6) is 0 Å². The van der Waals surface area contributed by atoms with Crippen LogP contribution in [-0.4, -0.2) is 25.8 Å². The Morgan fingerprint density at radius 3 is 2.29 bits per heavy atom. The SMILES string of the molecule is CCC1(CC)CCN(S(=O)(=O)c2c(N)cccc2Cl)CC1. The van der Waals surface area contributed by atoms with Gasteiger partial charge >= 0.3 is 0 Å². The zero-order valence-corrected chi connectivity index (χ0v) is 14.2. The molecular formula is C15H23ClN2O2S. The number of anilines is 1. The first kappa shape index (κ1) is 16.6. The maximum atomic E-state index is 12.8. The number of benzene rings is 1. The molecule has 1 saturated heterocycles. The van der Waals surface area contributed by atoms with E-state index in [4.69, 9.17) is 17.3 Å². The topological polar surface area (TPSA) is 63.4 Å². The Labute approximate surface area is 132 Å². The number of nitrogens with two attached hydrogens (primary N) is 1. The first-order valence-corrected chi connectivity index (χ1v) is 9.22. The van der Waals surface area contributed by atoms with Crippen molar-refractivity contribution in [1.82, 2.24) is 4.31 Å². The number of nitrogens with zero attached hydrogens (tertiary/aromatic N) is 1. The highest BCUT2D eigenvalue weighted by molar-refractivity contribution is 7.89. The minimum absolute atomic E-state index is 0.0483. The van der Waals surface area contributed by atoms with Crippen LogP contribution in [0.2, 0.25) is 5.02 Å². The average molecular weight is 331 g/mol. The van der Waals surface area contributed by atoms with Crippen molar-refractivity contribution >= 4 is 27.3 Å². The summed E-state index contributed by atoms with van der Waals surface area (Å²) >= 11 is 6.06. The van der Waals surface area contributed by atoms with E-state index in [9.17, 15) is 8.42 Å². The highest BCUT2D eigenvalue weighted by atomic mass is 35.5. The molecule has 1 aliphatic rings. The van der Waals surface area contributed by atoms with Gasteiger partial charge in [-0.2, -0.15) is 4.31 Å². The van der Waals surface area contributed by atoms with Crippen LogP contribution < -0.4 is 5.73 Å². The van der Waals surface area contributed by atoms with Crippen molar-refractivity contribution in [3.8, 4) is 0 Å². The van der Waals surface area contributed by atoms with Crippen LogP contribution in [0.1, 0.15) is 39.5 Å². The Morgan fingerprint density at radius 2 is 1.81 bits per heavy atom. The smallest absolute Gasteiger partial charge is 0.246 e. The van der Waals surface area contributed by atoms with Crippen molar-refractivity contribution in [2.24, 2.45) is 5.41 Å². The van der Waals surface area contributed by atoms with Gasteiger partial charge in [0.25, 0.3) is 0 Å². The largest absolute Gasteiger partial charge is 0.398 e. The first-order valence-electron chi connectivity index (χ1n) is 7.40. The fourth-order valence-electron chi connectivity index (χ4n) is 3.08. The third-order valence-electron chi connectivity index (χ3n) is 4.88. The lowest BCUT2D eigenvalue weighted by Gasteiger charge is -2.40. The molecule has 0 spiro atoms. The van der Waals surface area contributed by atoms with Gasteiger partial charge in [-0.15, -0.1) is 0 Å². The Balaban J connectivity index is 2.27. The Hall–Kier alpha value is -0.780. The zero-order chi connectivity index (χ0) is 15.7. The molecule has 0 bridgehead atoms. The molecule has 21 heavy (non-hydrogen) atoms. The summed E-state index contributed by atoms with van der Waals surface area (Å²) in [5.41, 5.74) is 6.32. The molecule has 2 rings (SSSR count). The molecule has 6 heteroatoms. The van der Waals surface area contributed by atoms with Crippen molar-refractivity contribution in [3.05, 3.63) is 23.2 Å². The summed E-state index contributed by atoms with van der Waals surface area (Å²) in [6.07, 6.45) is 3.96. The van der Waals surface area contributed by atoms with Gasteiger partial charge in [0.1, 0.15) is 4.90 Å². The average Bonchev–Trinajstić information content (AvgIpc) is 2.47. The van der Waals surface area contributed by atoms with E-state index in [0.717, 1.165) is 25.7 Å². The molecule has 1 heterocycles. The molecule has 0 amide bonds. The van der Waals surface area contributed by atoms with E-state index >= 15 is 0 Å². The molecule has 0 atom stereocenters. The highest BCUT2D eigenvalue weighted by Gasteiger charge is 2.37. The van der Waals surface area contributed by atoms with E-state index in [2.05, 4.69) is 13.8 Å². The summed E-state index contributed by atoms with van der Waals surface area (Å²) in [7, 11) is -3.61. The van der Waals surface area contributed by atoms with Crippen molar-refractivity contribution in [3.63, 3.8) is 0 Å². The molecular weight excluding hydrogens is 308 g/mol. The van der Waals surface area contributed by atoms with Gasteiger partial charge in [0, 0.05) is 13.1 Å². The molecule has 2 N–H and O–H groups in total. The van der Waals surface area contributed by atoms with Gasteiger partial charge in [-0.3, -0.25) is 0 Å². The molecule has 1 aromatic rings. The molecule has 0 saturated carbocycles. The summed E-state index contributed by atoms with van der Waals surface area (Å²) in [5, 5.41) is 0.192. The molecule has 0 aromatic heterocycles. The van der Waals surface area contributed by atoms with E-state index in [1.54, 1.807) is 18.2 Å². The van der Waals surface area contributed by atoms with Crippen molar-refractivity contribution in [2.75, 3.05) is 18.8 Å². The number of nitrogen functional groups attached to an aromatic ring is 1. The maximum Gasteiger partial charge on any atom is 0.246 e. The van der Waals surface area contributed by atoms with Crippen molar-refractivity contribution < 1.29 is 8.42 Å². The first-order chi connectivity index (χ1) is 9.86. The summed E-state index contributed by atoms with van der Waals surface area (Å²) in [4.78, 5) is 0.0483. The second kappa shape index (κ2) is 6.15. The number of rotatable bonds is 4. The van der Waals surface area contributed by atoms with Crippen LogP contribution in [0, 0.1) is 5.41 Å². The summed E-state index contributed by atoms with van der Waals surface area (Å²) in [5.74, 6) is 0. The minimum Gasteiger partial charge on any atom is -0.398 e. The molecule has 4 nitrogen and oxygen atoms in total. The lowest BCUT2D eigenvalue weighted by Crippen LogP contribution is -2.43. The fraction of sp³-hybridized carbons (Fsp3) is 0.600. The Bertz CT molecular complexity index is 582. The number of sulfonamides is 1. The molecule has 1 aliphatic heterocycles. The van der Waals surface area contributed by atoms with Crippen LogP contribution in [-0.2, 0) is 10.0 Å². The molecule has 0 radical (unpaired) electrons. The van der Waals surface area contributed by atoms with Crippen molar-refractivity contribution in [1.29, 1.82) is 0 Å². The van der Waals surface area contributed by atoms with E-state index in [1.165, 1.54) is 4.31 Å². The third kappa shape index (κ3) is 3.05. The van der Waals surface area contributed by atoms with Gasteiger partial charge in [0.2, 0.25) is 10.0 Å². The predicted octanol–water partition coefficient (Wildman–Crippen LogP) is 3.51. The molecule has 0 unspecified atom stereocenters. The Kier molecular flexibility index (Phi) is 4.85. The van der Waals surface area contributed by atoms with Crippen molar-refractivity contribution in [2.45, 2.75) is 44.4 Å². The highest BCUT2D eigenvalue weighted by Crippen LogP contribution is 2.40. The monoisotopic (exact) mass is 330 g/mol. The quantitative estimate of drug-likeness (QED) is 0.859. The predicted molar refractivity (Wildman–Crippen MR) is 86.9 cm³/mol. The van der Waals surface area contributed by atoms with Crippen LogP contribution in [0.15, 0.2) is 23.1 Å². The number of hydrogen-bond acceptors (Lipinski definition) is 3. The van der Waals surface area contributed by atoms with Crippen LogP contribution in [0.4, 0.5) is 5.69 Å². The second-order valence-electron chi connectivity index (χ2n) is 5.77. The lowest BCUT2D eigenvalue weighted by molar-refractivity contribution is 0.141. The maximum absolute atomic E-state index is 12.8. The van der Waals surface area contributed by atoms with E-state index in [0.29, 0.717) is 13.1 Å². The van der Waals surface area contributed by atoms with Crippen LogP contribution in [0.3, 0.4) is 0 Å². The molecule has 0 aliphatic carbocycles. The molecule has 118 valence electrons. The van der Waals surface area contributed by atoms with Gasteiger partial charge < -0.3 is 5.73 Å². The van der Waals surface area contributed by atoms with Gasteiger partial charge in [-0.25, -0.2) is 8.42 Å². The lowest BCUT2D eigenvalue weighted by atomic mass is 9.75. The zero-order valence-electron chi connectivity index (χ0n) is 12.6. The van der Waals surface area contributed by atoms with E-state index < -0.39 is 10.0 Å². The van der Waals surface area contributed by atoms with Gasteiger partial charge in [0.05, 0.1) is 10.7 Å². The second-order valence-corrected chi connectivity index (χ2v) is 8.05. The van der Waals surface area contributed by atoms with Gasteiger partial charge in [-0.05, 0) is 30.4 Å². The summed E-state index contributed by atoms with van der Waals surface area (Å²) < 4.78 is 27.1. The van der Waals surface area contributed by atoms with Gasteiger partial charge in [-0.1, -0.05) is 44.4 Å². The number of piperidine rings is 1. The summed E-state index contributed by atoms with van der Waals surface area (Å²) in [6, 6.07) is 4.80. The van der Waals surface area contributed by atoms with Gasteiger partial charge in [0.15, 0.2) is 0 Å². The van der Waals surface area contributed by atoms with Crippen LogP contribution in [0.25, 0.3) is 0 Å². The van der Waals surface area contributed by atoms with E-state index in [-0.39, 0.29) is 21.0 Å². The molecule has 1 fully saturated rings. The Morgan fingerprint density at radius 1 is 1.24 bits per heavy atom. The molecule has 1 aromatic carbocycles.